The number of benzene rings is 3. The van der Waals surface area contributed by atoms with Gasteiger partial charge in [0.05, 0.1) is 10.6 Å². The summed E-state index contributed by atoms with van der Waals surface area (Å²) in [6, 6.07) is 19.8. The first-order valence-electron chi connectivity index (χ1n) is 8.17. The van der Waals surface area contributed by atoms with E-state index in [1.165, 1.54) is 12.1 Å². The molecule has 1 heterocycles. The molecule has 0 saturated heterocycles. The fourth-order valence-electron chi connectivity index (χ4n) is 2.80. The predicted octanol–water partition coefficient (Wildman–Crippen LogP) is 4.65. The smallest absolute Gasteiger partial charge is 0.311 e. The van der Waals surface area contributed by atoms with Crippen LogP contribution >= 0.6 is 0 Å². The summed E-state index contributed by atoms with van der Waals surface area (Å²) in [4.78, 5) is 19.0. The molecule has 1 aromatic heterocycles. The van der Waals surface area contributed by atoms with Crippen LogP contribution in [0.3, 0.4) is 0 Å². The van der Waals surface area contributed by atoms with Crippen molar-refractivity contribution >= 4 is 28.1 Å². The molecule has 0 amide bonds. The first-order valence-corrected chi connectivity index (χ1v) is 8.17. The average Bonchev–Trinajstić information content (AvgIpc) is 2.68. The van der Waals surface area contributed by atoms with Gasteiger partial charge in [-0.3, -0.25) is 10.1 Å². The number of rotatable bonds is 4. The third-order valence-corrected chi connectivity index (χ3v) is 4.13. The maximum atomic E-state index is 11.0. The SMILES string of the molecule is O=[N+]([O-])c1cc(-c2ccnc(Nc3ccc4ccccc4c3)n2)ccc1O. The second-order valence-electron chi connectivity index (χ2n) is 5.91. The molecule has 3 aromatic carbocycles. The fourth-order valence-corrected chi connectivity index (χ4v) is 2.80. The van der Waals surface area contributed by atoms with Gasteiger partial charge in [-0.2, -0.15) is 0 Å². The number of nitrogens with one attached hydrogen (secondary N) is 1. The summed E-state index contributed by atoms with van der Waals surface area (Å²) in [5, 5.41) is 26.0. The summed E-state index contributed by atoms with van der Waals surface area (Å²) in [6.07, 6.45) is 1.57. The number of nitrogens with zero attached hydrogens (tertiary/aromatic N) is 3. The lowest BCUT2D eigenvalue weighted by Crippen LogP contribution is -1.98. The Balaban J connectivity index is 1.66. The van der Waals surface area contributed by atoms with E-state index in [4.69, 9.17) is 0 Å². The van der Waals surface area contributed by atoms with Crippen molar-refractivity contribution in [3.63, 3.8) is 0 Å². The average molecular weight is 358 g/mol. The van der Waals surface area contributed by atoms with Gasteiger partial charge < -0.3 is 10.4 Å². The summed E-state index contributed by atoms with van der Waals surface area (Å²) in [5.74, 6) is -0.00849. The first-order chi connectivity index (χ1) is 13.1. The normalized spacial score (nSPS) is 10.7. The van der Waals surface area contributed by atoms with E-state index in [0.717, 1.165) is 16.5 Å². The van der Waals surface area contributed by atoms with E-state index >= 15 is 0 Å². The number of nitro groups is 1. The van der Waals surface area contributed by atoms with Crippen molar-refractivity contribution in [1.29, 1.82) is 0 Å². The topological polar surface area (TPSA) is 101 Å². The Kier molecular flexibility index (Phi) is 4.10. The molecule has 0 atom stereocenters. The molecule has 0 fully saturated rings. The molecule has 132 valence electrons. The maximum absolute atomic E-state index is 11.0. The van der Waals surface area contributed by atoms with E-state index < -0.39 is 4.92 Å². The summed E-state index contributed by atoms with van der Waals surface area (Å²) in [6.45, 7) is 0. The molecular weight excluding hydrogens is 344 g/mol. The molecule has 7 nitrogen and oxygen atoms in total. The number of hydrogen-bond donors (Lipinski definition) is 2. The lowest BCUT2D eigenvalue weighted by molar-refractivity contribution is -0.385. The van der Waals surface area contributed by atoms with E-state index in [0.29, 0.717) is 17.2 Å². The summed E-state index contributed by atoms with van der Waals surface area (Å²) < 4.78 is 0. The van der Waals surface area contributed by atoms with E-state index in [9.17, 15) is 15.2 Å². The van der Waals surface area contributed by atoms with Crippen molar-refractivity contribution in [3.05, 3.63) is 83.0 Å². The lowest BCUT2D eigenvalue weighted by Gasteiger charge is -2.08. The van der Waals surface area contributed by atoms with E-state index in [1.807, 2.05) is 42.5 Å². The molecule has 27 heavy (non-hydrogen) atoms. The van der Waals surface area contributed by atoms with Crippen LogP contribution in [0.2, 0.25) is 0 Å². The highest BCUT2D eigenvalue weighted by Gasteiger charge is 2.15. The monoisotopic (exact) mass is 358 g/mol. The number of fused-ring (bicyclic) bond motifs is 1. The number of phenolic OH excluding ortho intramolecular Hbond substituents is 1. The van der Waals surface area contributed by atoms with Crippen molar-refractivity contribution in [1.82, 2.24) is 9.97 Å². The summed E-state index contributed by atoms with van der Waals surface area (Å²) in [7, 11) is 0. The predicted molar refractivity (Wildman–Crippen MR) is 103 cm³/mol. The van der Waals surface area contributed by atoms with Crippen LogP contribution in [0, 0.1) is 10.1 Å². The zero-order valence-corrected chi connectivity index (χ0v) is 14.0. The number of hydrogen-bond acceptors (Lipinski definition) is 6. The van der Waals surface area contributed by atoms with Gasteiger partial charge in [0.15, 0.2) is 5.75 Å². The number of aromatic nitrogens is 2. The summed E-state index contributed by atoms with van der Waals surface area (Å²) >= 11 is 0. The minimum atomic E-state index is -0.631. The lowest BCUT2D eigenvalue weighted by atomic mass is 10.1. The third-order valence-electron chi connectivity index (χ3n) is 4.13. The van der Waals surface area contributed by atoms with Crippen LogP contribution in [0.1, 0.15) is 0 Å². The van der Waals surface area contributed by atoms with Crippen molar-refractivity contribution in [3.8, 4) is 17.0 Å². The molecule has 0 aliphatic carbocycles. The molecule has 0 spiro atoms. The molecule has 7 heteroatoms. The Bertz CT molecular complexity index is 1160. The number of phenols is 1. The highest BCUT2D eigenvalue weighted by atomic mass is 16.6. The molecule has 0 radical (unpaired) electrons. The Morgan fingerprint density at radius 3 is 2.59 bits per heavy atom. The van der Waals surface area contributed by atoms with Crippen molar-refractivity contribution in [2.45, 2.75) is 0 Å². The highest BCUT2D eigenvalue weighted by molar-refractivity contribution is 5.86. The zero-order valence-electron chi connectivity index (χ0n) is 14.0. The highest BCUT2D eigenvalue weighted by Crippen LogP contribution is 2.31. The minimum absolute atomic E-state index is 0.366. The van der Waals surface area contributed by atoms with Gasteiger partial charge in [-0.15, -0.1) is 0 Å². The van der Waals surface area contributed by atoms with Gasteiger partial charge in [0.2, 0.25) is 5.95 Å². The molecule has 2 N–H and O–H groups in total. The van der Waals surface area contributed by atoms with E-state index in [2.05, 4.69) is 15.3 Å². The molecule has 0 aliphatic rings. The Hall–Kier alpha value is -4.00. The number of aromatic hydroxyl groups is 1. The van der Waals surface area contributed by atoms with Crippen LogP contribution in [0.25, 0.3) is 22.0 Å². The van der Waals surface area contributed by atoms with E-state index in [1.54, 1.807) is 18.3 Å². The quantitative estimate of drug-likeness (QED) is 0.407. The molecule has 0 saturated carbocycles. The van der Waals surface area contributed by atoms with Gasteiger partial charge in [0, 0.05) is 23.5 Å². The van der Waals surface area contributed by atoms with Crippen LogP contribution in [0.15, 0.2) is 72.9 Å². The van der Waals surface area contributed by atoms with Gasteiger partial charge in [0.1, 0.15) is 0 Å². The Morgan fingerprint density at radius 1 is 0.963 bits per heavy atom. The number of anilines is 2. The maximum Gasteiger partial charge on any atom is 0.311 e. The summed E-state index contributed by atoms with van der Waals surface area (Å²) in [5.41, 5.74) is 1.50. The Morgan fingerprint density at radius 2 is 1.78 bits per heavy atom. The van der Waals surface area contributed by atoms with Crippen LogP contribution in [0.4, 0.5) is 17.3 Å². The largest absolute Gasteiger partial charge is 0.502 e. The van der Waals surface area contributed by atoms with Crippen LogP contribution in [0.5, 0.6) is 5.75 Å². The zero-order chi connectivity index (χ0) is 18.8. The van der Waals surface area contributed by atoms with Gasteiger partial charge in [-0.1, -0.05) is 30.3 Å². The van der Waals surface area contributed by atoms with Crippen LogP contribution < -0.4 is 5.32 Å². The van der Waals surface area contributed by atoms with Crippen LogP contribution in [-0.4, -0.2) is 20.0 Å². The van der Waals surface area contributed by atoms with Crippen molar-refractivity contribution < 1.29 is 10.0 Å². The van der Waals surface area contributed by atoms with Gasteiger partial charge in [-0.25, -0.2) is 9.97 Å². The Labute approximate surface area is 154 Å². The minimum Gasteiger partial charge on any atom is -0.502 e. The number of nitro benzene ring substituents is 1. The second kappa shape index (κ2) is 6.72. The molecule has 0 aliphatic heterocycles. The van der Waals surface area contributed by atoms with Crippen molar-refractivity contribution in [2.24, 2.45) is 0 Å². The fraction of sp³-hybridized carbons (Fsp3) is 0. The van der Waals surface area contributed by atoms with Gasteiger partial charge >= 0.3 is 5.69 Å². The van der Waals surface area contributed by atoms with E-state index in [-0.39, 0.29) is 11.4 Å². The standard InChI is InChI=1S/C20H14N4O3/c25-19-8-6-15(12-18(19)24(26)27)17-9-10-21-20(23-17)22-16-7-5-13-3-1-2-4-14(13)11-16/h1-12,25H,(H,21,22,23). The third kappa shape index (κ3) is 3.38. The molecule has 0 bridgehead atoms. The molecule has 4 rings (SSSR count). The second-order valence-corrected chi connectivity index (χ2v) is 5.91. The molecule has 0 unspecified atom stereocenters. The van der Waals surface area contributed by atoms with Gasteiger partial charge in [-0.05, 0) is 41.1 Å². The molecule has 4 aromatic rings. The van der Waals surface area contributed by atoms with Crippen molar-refractivity contribution in [2.75, 3.05) is 5.32 Å². The molecular formula is C20H14N4O3. The van der Waals surface area contributed by atoms with Crippen LogP contribution in [-0.2, 0) is 0 Å². The first kappa shape index (κ1) is 16.5. The van der Waals surface area contributed by atoms with Gasteiger partial charge in [0.25, 0.3) is 0 Å².